The number of para-hydroxylation sites is 2. The number of ether oxygens (including phenoxy) is 1. The molecule has 3 aliphatic rings. The van der Waals surface area contributed by atoms with Gasteiger partial charge in [-0.25, -0.2) is 0 Å². The molecule has 130 valence electrons. The molecule has 4 heteroatoms. The standard InChI is InChI=1S/C20H28N2O2/c23-20(13-14-11-15-9-10-16(12-14)21-15)22-18-7-3-4-8-19(18)24-17-5-1-2-6-17/h3-4,7-8,14-17,21H,1-2,5-6,9-13H2,(H,22,23). The quantitative estimate of drug-likeness (QED) is 0.863. The minimum atomic E-state index is 0.128. The van der Waals surface area contributed by atoms with Crippen molar-refractivity contribution >= 4 is 11.6 Å². The Labute approximate surface area is 144 Å². The first-order valence-corrected chi connectivity index (χ1v) is 9.58. The van der Waals surface area contributed by atoms with Crippen LogP contribution in [-0.2, 0) is 4.79 Å². The number of amides is 1. The molecule has 0 aromatic heterocycles. The summed E-state index contributed by atoms with van der Waals surface area (Å²) in [6.07, 6.45) is 10.5. The molecular formula is C20H28N2O2. The van der Waals surface area contributed by atoms with Crippen LogP contribution in [0, 0.1) is 5.92 Å². The minimum absolute atomic E-state index is 0.128. The normalized spacial score (nSPS) is 29.6. The average molecular weight is 328 g/mol. The van der Waals surface area contributed by atoms with Crippen molar-refractivity contribution in [1.29, 1.82) is 0 Å². The number of piperidine rings is 1. The van der Waals surface area contributed by atoms with Crippen LogP contribution >= 0.6 is 0 Å². The zero-order chi connectivity index (χ0) is 16.4. The molecule has 1 aromatic rings. The van der Waals surface area contributed by atoms with Gasteiger partial charge in [-0.2, -0.15) is 0 Å². The summed E-state index contributed by atoms with van der Waals surface area (Å²) in [5.41, 5.74) is 0.825. The maximum Gasteiger partial charge on any atom is 0.224 e. The topological polar surface area (TPSA) is 50.4 Å². The summed E-state index contributed by atoms with van der Waals surface area (Å²) in [6.45, 7) is 0. The van der Waals surface area contributed by atoms with Gasteiger partial charge in [0.05, 0.1) is 11.8 Å². The molecule has 3 fully saturated rings. The van der Waals surface area contributed by atoms with Gasteiger partial charge in [0.15, 0.2) is 0 Å². The monoisotopic (exact) mass is 328 g/mol. The Kier molecular flexibility index (Phi) is 4.74. The lowest BCUT2D eigenvalue weighted by Gasteiger charge is -2.28. The van der Waals surface area contributed by atoms with E-state index in [-0.39, 0.29) is 5.91 Å². The summed E-state index contributed by atoms with van der Waals surface area (Å²) in [4.78, 5) is 12.5. The average Bonchev–Trinajstić information content (AvgIpc) is 3.19. The molecule has 1 amide bonds. The van der Waals surface area contributed by atoms with Gasteiger partial charge in [0.25, 0.3) is 0 Å². The largest absolute Gasteiger partial charge is 0.488 e. The number of nitrogens with one attached hydrogen (secondary N) is 2. The number of rotatable bonds is 5. The Morgan fingerprint density at radius 2 is 1.79 bits per heavy atom. The Hall–Kier alpha value is -1.55. The molecule has 2 heterocycles. The van der Waals surface area contributed by atoms with Crippen molar-refractivity contribution < 1.29 is 9.53 Å². The number of benzene rings is 1. The maximum atomic E-state index is 12.5. The third-order valence-electron chi connectivity index (χ3n) is 5.80. The van der Waals surface area contributed by atoms with E-state index in [0.717, 1.165) is 37.1 Å². The predicted molar refractivity (Wildman–Crippen MR) is 95.2 cm³/mol. The van der Waals surface area contributed by atoms with Gasteiger partial charge >= 0.3 is 0 Å². The predicted octanol–water partition coefficient (Wildman–Crippen LogP) is 3.87. The molecule has 1 aromatic carbocycles. The Bertz CT molecular complexity index is 571. The van der Waals surface area contributed by atoms with Crippen LogP contribution in [0.15, 0.2) is 24.3 Å². The number of hydrogen-bond acceptors (Lipinski definition) is 3. The molecule has 2 unspecified atom stereocenters. The molecule has 1 aliphatic carbocycles. The highest BCUT2D eigenvalue weighted by molar-refractivity contribution is 5.92. The van der Waals surface area contributed by atoms with Gasteiger partial charge in [0, 0.05) is 18.5 Å². The Morgan fingerprint density at radius 1 is 1.08 bits per heavy atom. The number of carbonyl (C=O) groups excluding carboxylic acids is 1. The van der Waals surface area contributed by atoms with Crippen molar-refractivity contribution in [3.05, 3.63) is 24.3 Å². The number of anilines is 1. The van der Waals surface area contributed by atoms with E-state index in [1.165, 1.54) is 25.7 Å². The molecule has 24 heavy (non-hydrogen) atoms. The highest BCUT2D eigenvalue weighted by Crippen LogP contribution is 2.34. The summed E-state index contributed by atoms with van der Waals surface area (Å²) in [5.74, 6) is 1.47. The second-order valence-corrected chi connectivity index (χ2v) is 7.75. The summed E-state index contributed by atoms with van der Waals surface area (Å²) < 4.78 is 6.12. The van der Waals surface area contributed by atoms with Gasteiger partial charge in [-0.05, 0) is 69.4 Å². The third kappa shape index (κ3) is 3.75. The molecule has 2 saturated heterocycles. The fourth-order valence-corrected chi connectivity index (χ4v) is 4.66. The summed E-state index contributed by atoms with van der Waals surface area (Å²) >= 11 is 0. The maximum absolute atomic E-state index is 12.5. The lowest BCUT2D eigenvalue weighted by molar-refractivity contribution is -0.117. The summed E-state index contributed by atoms with van der Waals surface area (Å²) in [7, 11) is 0. The SMILES string of the molecule is O=C(CC1CC2CCC(C1)N2)Nc1ccccc1OC1CCCC1. The van der Waals surface area contributed by atoms with E-state index in [1.54, 1.807) is 0 Å². The highest BCUT2D eigenvalue weighted by atomic mass is 16.5. The first-order chi connectivity index (χ1) is 11.8. The fraction of sp³-hybridized carbons (Fsp3) is 0.650. The smallest absolute Gasteiger partial charge is 0.224 e. The van der Waals surface area contributed by atoms with Crippen molar-refractivity contribution in [3.8, 4) is 5.75 Å². The van der Waals surface area contributed by atoms with Crippen LogP contribution in [0.3, 0.4) is 0 Å². The molecule has 2 bridgehead atoms. The zero-order valence-corrected chi connectivity index (χ0v) is 14.3. The van der Waals surface area contributed by atoms with Crippen molar-refractivity contribution in [1.82, 2.24) is 5.32 Å². The van der Waals surface area contributed by atoms with E-state index in [1.807, 2.05) is 24.3 Å². The molecule has 4 nitrogen and oxygen atoms in total. The van der Waals surface area contributed by atoms with E-state index >= 15 is 0 Å². The second kappa shape index (κ2) is 7.14. The third-order valence-corrected chi connectivity index (χ3v) is 5.80. The van der Waals surface area contributed by atoms with Crippen molar-refractivity contribution in [2.24, 2.45) is 5.92 Å². The zero-order valence-electron chi connectivity index (χ0n) is 14.3. The molecule has 1 saturated carbocycles. The van der Waals surface area contributed by atoms with Gasteiger partial charge in [-0.1, -0.05) is 12.1 Å². The fourth-order valence-electron chi connectivity index (χ4n) is 4.66. The second-order valence-electron chi connectivity index (χ2n) is 7.75. The van der Waals surface area contributed by atoms with E-state index in [9.17, 15) is 4.79 Å². The number of hydrogen-bond donors (Lipinski definition) is 2. The van der Waals surface area contributed by atoms with Crippen molar-refractivity contribution in [3.63, 3.8) is 0 Å². The van der Waals surface area contributed by atoms with Gasteiger partial charge in [-0.15, -0.1) is 0 Å². The van der Waals surface area contributed by atoms with Crippen LogP contribution in [0.25, 0.3) is 0 Å². The summed E-state index contributed by atoms with van der Waals surface area (Å²) in [5, 5.41) is 6.74. The van der Waals surface area contributed by atoms with E-state index in [4.69, 9.17) is 4.74 Å². The van der Waals surface area contributed by atoms with Gasteiger partial charge in [-0.3, -0.25) is 4.79 Å². The first kappa shape index (κ1) is 15.9. The van der Waals surface area contributed by atoms with E-state index in [2.05, 4.69) is 10.6 Å². The molecule has 2 aliphatic heterocycles. The molecule has 2 atom stereocenters. The molecule has 0 spiro atoms. The van der Waals surface area contributed by atoms with Gasteiger partial charge < -0.3 is 15.4 Å². The van der Waals surface area contributed by atoms with Crippen LogP contribution in [-0.4, -0.2) is 24.1 Å². The van der Waals surface area contributed by atoms with Crippen molar-refractivity contribution in [2.75, 3.05) is 5.32 Å². The molecule has 0 radical (unpaired) electrons. The first-order valence-electron chi connectivity index (χ1n) is 9.58. The van der Waals surface area contributed by atoms with Crippen molar-refractivity contribution in [2.45, 2.75) is 76.0 Å². The minimum Gasteiger partial charge on any atom is -0.488 e. The van der Waals surface area contributed by atoms with Crippen LogP contribution in [0.4, 0.5) is 5.69 Å². The lowest BCUT2D eigenvalue weighted by Crippen LogP contribution is -2.39. The Morgan fingerprint density at radius 3 is 2.54 bits per heavy atom. The number of fused-ring (bicyclic) bond motifs is 2. The van der Waals surface area contributed by atoms with Gasteiger partial charge in [0.2, 0.25) is 5.91 Å². The van der Waals surface area contributed by atoms with Crippen LogP contribution in [0.1, 0.15) is 57.8 Å². The van der Waals surface area contributed by atoms with Crippen LogP contribution in [0.5, 0.6) is 5.75 Å². The van der Waals surface area contributed by atoms with E-state index < -0.39 is 0 Å². The molecular weight excluding hydrogens is 300 g/mol. The highest BCUT2D eigenvalue weighted by Gasteiger charge is 2.34. The molecule has 2 N–H and O–H groups in total. The van der Waals surface area contributed by atoms with Crippen LogP contribution in [0.2, 0.25) is 0 Å². The summed E-state index contributed by atoms with van der Waals surface area (Å²) in [6, 6.07) is 9.14. The molecule has 4 rings (SSSR count). The van der Waals surface area contributed by atoms with Crippen LogP contribution < -0.4 is 15.4 Å². The number of carbonyl (C=O) groups is 1. The Balaban J connectivity index is 1.35. The van der Waals surface area contributed by atoms with E-state index in [0.29, 0.717) is 30.5 Å². The lowest BCUT2D eigenvalue weighted by atomic mass is 9.89. The van der Waals surface area contributed by atoms with Gasteiger partial charge in [0.1, 0.15) is 5.75 Å².